The first kappa shape index (κ1) is 10.4. The Morgan fingerprint density at radius 2 is 2.12 bits per heavy atom. The number of hydrogen-bond donors (Lipinski definition) is 1. The molecular weight excluding hydrogens is 204 g/mol. The predicted molar refractivity (Wildman–Crippen MR) is 59.8 cm³/mol. The van der Waals surface area contributed by atoms with Crippen molar-refractivity contribution in [1.82, 2.24) is 10.2 Å². The van der Waals surface area contributed by atoms with E-state index < -0.39 is 0 Å². The van der Waals surface area contributed by atoms with Crippen LogP contribution in [-0.2, 0) is 0 Å². The highest BCUT2D eigenvalue weighted by molar-refractivity contribution is 5.96. The topological polar surface area (TPSA) is 55.0 Å². The van der Waals surface area contributed by atoms with E-state index in [0.717, 1.165) is 5.69 Å². The number of H-pyrrole nitrogens is 1. The Bertz CT molecular complexity index is 517. The van der Waals surface area contributed by atoms with Crippen molar-refractivity contribution in [1.29, 1.82) is 0 Å². The number of aromatic amines is 1. The van der Waals surface area contributed by atoms with Gasteiger partial charge in [-0.25, -0.2) is 0 Å². The Labute approximate surface area is 93.3 Å². The Kier molecular flexibility index (Phi) is 2.72. The molecule has 4 nitrogen and oxygen atoms in total. The molecule has 1 heterocycles. The van der Waals surface area contributed by atoms with E-state index in [1.807, 2.05) is 13.0 Å². The van der Waals surface area contributed by atoms with Crippen LogP contribution in [-0.4, -0.2) is 16.0 Å². The normalized spacial score (nSPS) is 10.1. The zero-order chi connectivity index (χ0) is 11.5. The van der Waals surface area contributed by atoms with Crippen molar-refractivity contribution in [2.45, 2.75) is 13.8 Å². The van der Waals surface area contributed by atoms with E-state index >= 15 is 0 Å². The highest BCUT2D eigenvalue weighted by Crippen LogP contribution is 2.24. The molecule has 0 fully saturated rings. The van der Waals surface area contributed by atoms with Gasteiger partial charge in [-0.05, 0) is 26.0 Å². The highest BCUT2D eigenvalue weighted by atomic mass is 16.5. The number of ketones is 1. The second-order valence-corrected chi connectivity index (χ2v) is 3.54. The summed E-state index contributed by atoms with van der Waals surface area (Å²) in [5.74, 6) is 0.968. The lowest BCUT2D eigenvalue weighted by Crippen LogP contribution is -1.96. The van der Waals surface area contributed by atoms with Gasteiger partial charge in [0, 0.05) is 11.8 Å². The van der Waals surface area contributed by atoms with Gasteiger partial charge in [0.25, 0.3) is 0 Å². The average molecular weight is 216 g/mol. The van der Waals surface area contributed by atoms with Crippen molar-refractivity contribution in [2.75, 3.05) is 0 Å². The third-order valence-electron chi connectivity index (χ3n) is 2.16. The van der Waals surface area contributed by atoms with E-state index in [0.29, 0.717) is 17.2 Å². The number of benzene rings is 1. The van der Waals surface area contributed by atoms with Gasteiger partial charge in [0.15, 0.2) is 5.78 Å². The van der Waals surface area contributed by atoms with Crippen LogP contribution in [0.25, 0.3) is 0 Å². The van der Waals surface area contributed by atoms with Gasteiger partial charge in [0.2, 0.25) is 5.88 Å². The minimum Gasteiger partial charge on any atom is -0.437 e. The summed E-state index contributed by atoms with van der Waals surface area (Å²) >= 11 is 0. The van der Waals surface area contributed by atoms with E-state index in [4.69, 9.17) is 4.74 Å². The fourth-order valence-electron chi connectivity index (χ4n) is 1.40. The number of nitrogens with zero attached hydrogens (tertiary/aromatic N) is 1. The number of Topliss-reactive ketones (excluding diaryl/α,β-unsaturated/α-hetero) is 1. The number of aromatic nitrogens is 2. The molecule has 2 aromatic rings. The number of aryl methyl sites for hydroxylation is 1. The van der Waals surface area contributed by atoms with Gasteiger partial charge in [0.1, 0.15) is 5.75 Å². The minimum atomic E-state index is -0.0251. The monoisotopic (exact) mass is 216 g/mol. The summed E-state index contributed by atoms with van der Waals surface area (Å²) in [7, 11) is 0. The van der Waals surface area contributed by atoms with Crippen LogP contribution in [0.2, 0.25) is 0 Å². The molecule has 1 aromatic heterocycles. The zero-order valence-corrected chi connectivity index (χ0v) is 9.15. The van der Waals surface area contributed by atoms with E-state index in [2.05, 4.69) is 10.2 Å². The predicted octanol–water partition coefficient (Wildman–Crippen LogP) is 2.71. The first-order chi connectivity index (χ1) is 7.66. The first-order valence-corrected chi connectivity index (χ1v) is 4.96. The number of hydrogen-bond acceptors (Lipinski definition) is 3. The SMILES string of the molecule is CC(=O)c1ccccc1Oc1cc(C)[nH]n1. The van der Waals surface area contributed by atoms with Gasteiger partial charge >= 0.3 is 0 Å². The van der Waals surface area contributed by atoms with Crippen LogP contribution in [0.4, 0.5) is 0 Å². The van der Waals surface area contributed by atoms with Crippen molar-refractivity contribution in [3.8, 4) is 11.6 Å². The fourth-order valence-corrected chi connectivity index (χ4v) is 1.40. The lowest BCUT2D eigenvalue weighted by molar-refractivity contribution is 0.101. The van der Waals surface area contributed by atoms with Crippen LogP contribution in [0, 0.1) is 6.92 Å². The van der Waals surface area contributed by atoms with Crippen LogP contribution in [0.5, 0.6) is 11.6 Å². The largest absolute Gasteiger partial charge is 0.437 e. The van der Waals surface area contributed by atoms with Gasteiger partial charge in [-0.1, -0.05) is 12.1 Å². The van der Waals surface area contributed by atoms with Crippen molar-refractivity contribution >= 4 is 5.78 Å². The van der Waals surface area contributed by atoms with Crippen LogP contribution in [0.3, 0.4) is 0 Å². The summed E-state index contributed by atoms with van der Waals surface area (Å²) in [5, 5.41) is 6.73. The fraction of sp³-hybridized carbons (Fsp3) is 0.167. The van der Waals surface area contributed by atoms with E-state index in [-0.39, 0.29) is 5.78 Å². The summed E-state index contributed by atoms with van der Waals surface area (Å²) in [6, 6.07) is 8.88. The number of ether oxygens (including phenoxy) is 1. The maximum Gasteiger partial charge on any atom is 0.238 e. The molecule has 0 radical (unpaired) electrons. The minimum absolute atomic E-state index is 0.0251. The molecule has 0 saturated heterocycles. The second kappa shape index (κ2) is 4.18. The van der Waals surface area contributed by atoms with Crippen LogP contribution in [0.1, 0.15) is 23.0 Å². The maximum atomic E-state index is 11.4. The number of carbonyl (C=O) groups is 1. The Balaban J connectivity index is 2.31. The number of carbonyl (C=O) groups excluding carboxylic acids is 1. The molecule has 0 saturated carbocycles. The second-order valence-electron chi connectivity index (χ2n) is 3.54. The van der Waals surface area contributed by atoms with Crippen molar-refractivity contribution in [3.63, 3.8) is 0 Å². The number of nitrogens with one attached hydrogen (secondary N) is 1. The Morgan fingerprint density at radius 1 is 1.38 bits per heavy atom. The third-order valence-corrected chi connectivity index (χ3v) is 2.16. The van der Waals surface area contributed by atoms with Gasteiger partial charge in [-0.3, -0.25) is 9.89 Å². The molecule has 0 bridgehead atoms. The smallest absolute Gasteiger partial charge is 0.238 e. The molecule has 2 rings (SSSR count). The molecule has 1 N–H and O–H groups in total. The number of para-hydroxylation sites is 1. The lowest BCUT2D eigenvalue weighted by Gasteiger charge is -2.05. The molecule has 0 spiro atoms. The first-order valence-electron chi connectivity index (χ1n) is 4.96. The summed E-state index contributed by atoms with van der Waals surface area (Å²) in [4.78, 5) is 11.4. The van der Waals surface area contributed by atoms with Crippen LogP contribution < -0.4 is 4.74 Å². The molecule has 0 aliphatic rings. The van der Waals surface area contributed by atoms with Gasteiger partial charge in [0.05, 0.1) is 5.56 Å². The molecule has 1 aromatic carbocycles. The Morgan fingerprint density at radius 3 is 2.75 bits per heavy atom. The molecule has 0 atom stereocenters. The van der Waals surface area contributed by atoms with Gasteiger partial charge < -0.3 is 4.74 Å². The summed E-state index contributed by atoms with van der Waals surface area (Å²) in [6.45, 7) is 3.40. The van der Waals surface area contributed by atoms with Crippen LogP contribution >= 0.6 is 0 Å². The molecule has 0 unspecified atom stereocenters. The quantitative estimate of drug-likeness (QED) is 0.802. The van der Waals surface area contributed by atoms with Crippen molar-refractivity contribution in [3.05, 3.63) is 41.6 Å². The standard InChI is InChI=1S/C12H12N2O2/c1-8-7-12(14-13-8)16-11-6-4-3-5-10(11)9(2)15/h3-7H,1-2H3,(H,13,14). The van der Waals surface area contributed by atoms with Crippen molar-refractivity contribution < 1.29 is 9.53 Å². The molecule has 0 amide bonds. The van der Waals surface area contributed by atoms with Gasteiger partial charge in [-0.2, -0.15) is 0 Å². The summed E-state index contributed by atoms with van der Waals surface area (Å²) in [6.07, 6.45) is 0. The molecule has 4 heteroatoms. The maximum absolute atomic E-state index is 11.4. The molecule has 0 aliphatic carbocycles. The molecule has 0 aliphatic heterocycles. The van der Waals surface area contributed by atoms with E-state index in [9.17, 15) is 4.79 Å². The zero-order valence-electron chi connectivity index (χ0n) is 9.15. The highest BCUT2D eigenvalue weighted by Gasteiger charge is 2.09. The lowest BCUT2D eigenvalue weighted by atomic mass is 10.1. The van der Waals surface area contributed by atoms with E-state index in [1.165, 1.54) is 6.92 Å². The van der Waals surface area contributed by atoms with Gasteiger partial charge in [-0.15, -0.1) is 5.10 Å². The Hall–Kier alpha value is -2.10. The summed E-state index contributed by atoms with van der Waals surface area (Å²) < 4.78 is 5.53. The molecular formula is C12H12N2O2. The molecule has 16 heavy (non-hydrogen) atoms. The number of rotatable bonds is 3. The average Bonchev–Trinajstić information content (AvgIpc) is 2.64. The molecule has 82 valence electrons. The van der Waals surface area contributed by atoms with E-state index in [1.54, 1.807) is 24.3 Å². The summed E-state index contributed by atoms with van der Waals surface area (Å²) in [5.41, 5.74) is 1.47. The third kappa shape index (κ3) is 2.11. The van der Waals surface area contributed by atoms with Crippen LogP contribution in [0.15, 0.2) is 30.3 Å². The van der Waals surface area contributed by atoms with Crippen molar-refractivity contribution in [2.24, 2.45) is 0 Å².